The number of hydrogen-bond acceptors (Lipinski definition) is 2. The lowest BCUT2D eigenvalue weighted by Crippen LogP contribution is -2.11. The topological polar surface area (TPSA) is 26.3 Å². The van der Waals surface area contributed by atoms with E-state index in [1.165, 1.54) is 0 Å². The molecule has 0 N–H and O–H groups in total. The Bertz CT molecular complexity index is 121. The summed E-state index contributed by atoms with van der Waals surface area (Å²) in [6.07, 6.45) is 2.17. The average Bonchev–Trinajstić information content (AvgIpc) is 2.00. The highest BCUT2D eigenvalue weighted by Crippen LogP contribution is 2.17. The molecule has 2 unspecified atom stereocenters. The van der Waals surface area contributed by atoms with Crippen molar-refractivity contribution in [1.29, 1.82) is 0 Å². The number of carbonyl (C=O) groups is 1. The van der Waals surface area contributed by atoms with Crippen LogP contribution in [0.15, 0.2) is 0 Å². The van der Waals surface area contributed by atoms with E-state index in [9.17, 15) is 4.79 Å². The van der Waals surface area contributed by atoms with E-state index in [4.69, 9.17) is 4.74 Å². The molecule has 0 aromatic heterocycles. The van der Waals surface area contributed by atoms with Crippen LogP contribution in [0.2, 0.25) is 0 Å². The maximum Gasteiger partial charge on any atom is 0.293 e. The van der Waals surface area contributed by atoms with Crippen molar-refractivity contribution in [2.45, 2.75) is 46.6 Å². The van der Waals surface area contributed by atoms with Crippen molar-refractivity contribution in [3.8, 4) is 0 Å². The summed E-state index contributed by atoms with van der Waals surface area (Å²) in [6.45, 7) is 9.14. The van der Waals surface area contributed by atoms with Gasteiger partial charge in [-0.1, -0.05) is 20.8 Å². The smallest absolute Gasteiger partial charge is 0.293 e. The minimum Gasteiger partial charge on any atom is -0.465 e. The summed E-state index contributed by atoms with van der Waals surface area (Å²) in [6, 6.07) is 0. The Kier molecular flexibility index (Phi) is 5.77. The minimum atomic E-state index is 0.0729. The summed E-state index contributed by atoms with van der Waals surface area (Å²) in [4.78, 5) is 9.97. The molecule has 0 aliphatic heterocycles. The zero-order valence-electron chi connectivity index (χ0n) is 8.54. The van der Waals surface area contributed by atoms with Gasteiger partial charge in [0.1, 0.15) is 0 Å². The van der Waals surface area contributed by atoms with E-state index >= 15 is 0 Å². The predicted octanol–water partition coefficient (Wildman–Crippen LogP) is 2.62. The molecule has 0 aromatic rings. The Labute approximate surface area is 75.3 Å². The van der Waals surface area contributed by atoms with Gasteiger partial charge in [-0.2, -0.15) is 0 Å². The summed E-state index contributed by atoms with van der Waals surface area (Å²) in [7, 11) is 0. The maximum absolute atomic E-state index is 9.97. The van der Waals surface area contributed by atoms with Gasteiger partial charge < -0.3 is 4.74 Å². The van der Waals surface area contributed by atoms with Gasteiger partial charge in [0, 0.05) is 0 Å². The molecule has 0 spiro atoms. The van der Waals surface area contributed by atoms with E-state index in [2.05, 4.69) is 20.8 Å². The zero-order chi connectivity index (χ0) is 9.56. The summed E-state index contributed by atoms with van der Waals surface area (Å²) < 4.78 is 4.79. The largest absolute Gasteiger partial charge is 0.465 e. The van der Waals surface area contributed by atoms with Crippen LogP contribution in [-0.2, 0) is 9.53 Å². The summed E-state index contributed by atoms with van der Waals surface area (Å²) in [5, 5.41) is 0. The third kappa shape index (κ3) is 5.16. The fourth-order valence-corrected chi connectivity index (χ4v) is 0.994. The third-order valence-corrected chi connectivity index (χ3v) is 2.45. The van der Waals surface area contributed by atoms with Crippen LogP contribution in [0.5, 0.6) is 0 Å². The van der Waals surface area contributed by atoms with Crippen molar-refractivity contribution >= 4 is 6.47 Å². The van der Waals surface area contributed by atoms with Gasteiger partial charge in [-0.05, 0) is 31.6 Å². The second kappa shape index (κ2) is 6.04. The number of hydrogen-bond donors (Lipinski definition) is 0. The maximum atomic E-state index is 9.97. The molecule has 0 rings (SSSR count). The predicted molar refractivity (Wildman–Crippen MR) is 49.8 cm³/mol. The van der Waals surface area contributed by atoms with Crippen LogP contribution in [-0.4, -0.2) is 12.6 Å². The van der Waals surface area contributed by atoms with Crippen LogP contribution in [0.25, 0.3) is 0 Å². The number of rotatable bonds is 6. The van der Waals surface area contributed by atoms with Crippen LogP contribution in [0, 0.1) is 11.8 Å². The highest BCUT2D eigenvalue weighted by Gasteiger charge is 2.09. The third-order valence-electron chi connectivity index (χ3n) is 2.45. The first kappa shape index (κ1) is 11.5. The molecule has 0 aliphatic carbocycles. The summed E-state index contributed by atoms with van der Waals surface area (Å²) in [5.74, 6) is 1.43. The van der Waals surface area contributed by atoms with Crippen LogP contribution in [0.1, 0.15) is 40.5 Å². The molecule has 2 nitrogen and oxygen atoms in total. The van der Waals surface area contributed by atoms with E-state index in [0.29, 0.717) is 18.3 Å². The van der Waals surface area contributed by atoms with Gasteiger partial charge in [0.2, 0.25) is 0 Å². The van der Waals surface area contributed by atoms with Gasteiger partial charge in [0.15, 0.2) is 0 Å². The Hall–Kier alpha value is -0.530. The Morgan fingerprint density at radius 2 is 1.75 bits per heavy atom. The van der Waals surface area contributed by atoms with E-state index in [1.807, 2.05) is 6.92 Å². The highest BCUT2D eigenvalue weighted by atomic mass is 16.5. The van der Waals surface area contributed by atoms with Crippen molar-refractivity contribution in [2.24, 2.45) is 11.8 Å². The summed E-state index contributed by atoms with van der Waals surface area (Å²) >= 11 is 0. The van der Waals surface area contributed by atoms with Crippen LogP contribution in [0.3, 0.4) is 0 Å². The first-order valence-corrected chi connectivity index (χ1v) is 4.67. The second-order valence-corrected chi connectivity index (χ2v) is 3.84. The van der Waals surface area contributed by atoms with Gasteiger partial charge >= 0.3 is 0 Å². The van der Waals surface area contributed by atoms with Gasteiger partial charge in [0.05, 0.1) is 6.10 Å². The quantitative estimate of drug-likeness (QED) is 0.576. The monoisotopic (exact) mass is 172 g/mol. The first-order valence-electron chi connectivity index (χ1n) is 4.67. The molecule has 0 saturated carbocycles. The molecule has 72 valence electrons. The minimum absolute atomic E-state index is 0.0729. The molecule has 0 bridgehead atoms. The molecule has 0 radical (unpaired) electrons. The molecular formula is C10H20O2. The van der Waals surface area contributed by atoms with Gasteiger partial charge in [-0.3, -0.25) is 4.79 Å². The standard InChI is InChI=1S/C10H20O2/c1-8(2)9(3)5-6-10(4)12-7-11/h7-10H,5-6H2,1-4H3. The Morgan fingerprint density at radius 3 is 2.17 bits per heavy atom. The molecule has 0 heterocycles. The normalized spacial score (nSPS) is 15.8. The van der Waals surface area contributed by atoms with Crippen LogP contribution in [0.4, 0.5) is 0 Å². The van der Waals surface area contributed by atoms with E-state index in [1.54, 1.807) is 0 Å². The SMILES string of the molecule is CC(CCC(C)C(C)C)OC=O. The Balaban J connectivity index is 3.46. The average molecular weight is 172 g/mol. The molecule has 12 heavy (non-hydrogen) atoms. The summed E-state index contributed by atoms with van der Waals surface area (Å²) in [5.41, 5.74) is 0. The van der Waals surface area contributed by atoms with Crippen molar-refractivity contribution in [3.05, 3.63) is 0 Å². The van der Waals surface area contributed by atoms with Gasteiger partial charge in [-0.15, -0.1) is 0 Å². The van der Waals surface area contributed by atoms with E-state index in [0.717, 1.165) is 12.8 Å². The van der Waals surface area contributed by atoms with E-state index in [-0.39, 0.29) is 6.10 Å². The van der Waals surface area contributed by atoms with Crippen molar-refractivity contribution in [2.75, 3.05) is 0 Å². The molecule has 0 fully saturated rings. The Morgan fingerprint density at radius 1 is 1.17 bits per heavy atom. The number of carbonyl (C=O) groups excluding carboxylic acids is 1. The fourth-order valence-electron chi connectivity index (χ4n) is 0.994. The van der Waals surface area contributed by atoms with Crippen LogP contribution < -0.4 is 0 Å². The molecule has 0 saturated heterocycles. The lowest BCUT2D eigenvalue weighted by molar-refractivity contribution is -0.133. The van der Waals surface area contributed by atoms with E-state index < -0.39 is 0 Å². The van der Waals surface area contributed by atoms with Gasteiger partial charge in [0.25, 0.3) is 6.47 Å². The molecular weight excluding hydrogens is 152 g/mol. The lowest BCUT2D eigenvalue weighted by Gasteiger charge is -2.17. The molecule has 2 heteroatoms. The fraction of sp³-hybridized carbons (Fsp3) is 0.900. The van der Waals surface area contributed by atoms with Crippen molar-refractivity contribution in [3.63, 3.8) is 0 Å². The highest BCUT2D eigenvalue weighted by molar-refractivity contribution is 5.37. The molecule has 2 atom stereocenters. The second-order valence-electron chi connectivity index (χ2n) is 3.84. The van der Waals surface area contributed by atoms with Crippen LogP contribution >= 0.6 is 0 Å². The molecule has 0 aromatic carbocycles. The number of ether oxygens (including phenoxy) is 1. The van der Waals surface area contributed by atoms with Crippen molar-refractivity contribution < 1.29 is 9.53 Å². The van der Waals surface area contributed by atoms with Crippen molar-refractivity contribution in [1.82, 2.24) is 0 Å². The molecule has 0 aliphatic rings. The van der Waals surface area contributed by atoms with Gasteiger partial charge in [-0.25, -0.2) is 0 Å². The molecule has 0 amide bonds. The zero-order valence-corrected chi connectivity index (χ0v) is 8.54. The lowest BCUT2D eigenvalue weighted by atomic mass is 9.92. The first-order chi connectivity index (χ1) is 5.57.